The van der Waals surface area contributed by atoms with Crippen LogP contribution in [0.1, 0.15) is 58.1 Å². The molecule has 4 heterocycles. The molecule has 3 amide bonds. The summed E-state index contributed by atoms with van der Waals surface area (Å²) in [6.07, 6.45) is 7.43. The normalized spacial score (nSPS) is 29.6. The molecule has 1 aromatic carbocycles. The molecule has 0 saturated carbocycles. The van der Waals surface area contributed by atoms with E-state index in [-0.39, 0.29) is 30.2 Å². The van der Waals surface area contributed by atoms with E-state index in [1.165, 1.54) is 0 Å². The first-order chi connectivity index (χ1) is 15.5. The van der Waals surface area contributed by atoms with Crippen molar-refractivity contribution in [2.24, 2.45) is 5.41 Å². The molecule has 1 aromatic rings. The van der Waals surface area contributed by atoms with Crippen molar-refractivity contribution >= 4 is 29.5 Å². The summed E-state index contributed by atoms with van der Waals surface area (Å²) in [7, 11) is 0. The number of ether oxygens (including phenoxy) is 1. The molecule has 7 heteroatoms. The third kappa shape index (κ3) is 3.05. The maximum atomic E-state index is 13.7. The van der Waals surface area contributed by atoms with Crippen LogP contribution in [-0.4, -0.2) is 46.9 Å². The lowest BCUT2D eigenvalue weighted by Gasteiger charge is -2.45. The molecule has 2 N–H and O–H groups in total. The van der Waals surface area contributed by atoms with E-state index < -0.39 is 22.5 Å². The van der Waals surface area contributed by atoms with Gasteiger partial charge in [-0.25, -0.2) is 0 Å². The average Bonchev–Trinajstić information content (AvgIpc) is 3.34. The van der Waals surface area contributed by atoms with Gasteiger partial charge < -0.3 is 20.3 Å². The highest BCUT2D eigenvalue weighted by molar-refractivity contribution is 6.08. The van der Waals surface area contributed by atoms with Gasteiger partial charge in [0.15, 0.2) is 0 Å². The topological polar surface area (TPSA) is 87.7 Å². The lowest BCUT2D eigenvalue weighted by Crippen LogP contribution is -2.63. The van der Waals surface area contributed by atoms with Gasteiger partial charge in [0.25, 0.3) is 0 Å². The van der Waals surface area contributed by atoms with Gasteiger partial charge in [0, 0.05) is 29.3 Å². The largest absolute Gasteiger partial charge is 0.483 e. The standard InChI is InChI=1S/C26H31N3O4/c1-6-24(2,3)26(14-18-22(31)29-11-7-8-19(29)21(30)27-18)16-12-15-9-10-25(4,5)33-20(15)13-17(16)28-23(26)32/h6,9-10,12-13,18-19H,1,7-8,11,14H2,2-5H3,(H,27,30)(H,28,32)/t18-,19-,26-/m0/s1. The third-order valence-corrected chi connectivity index (χ3v) is 7.86. The van der Waals surface area contributed by atoms with Crippen molar-refractivity contribution in [2.45, 2.75) is 70.1 Å². The zero-order valence-corrected chi connectivity index (χ0v) is 19.7. The smallest absolute Gasteiger partial charge is 0.245 e. The number of nitrogens with one attached hydrogen (secondary N) is 2. The Labute approximate surface area is 194 Å². The number of carbonyl (C=O) groups excluding carboxylic acids is 3. The van der Waals surface area contributed by atoms with Gasteiger partial charge in [0.1, 0.15) is 23.4 Å². The highest BCUT2D eigenvalue weighted by Crippen LogP contribution is 2.55. The van der Waals surface area contributed by atoms with Gasteiger partial charge >= 0.3 is 0 Å². The molecule has 0 spiro atoms. The number of hydrogen-bond donors (Lipinski definition) is 2. The molecular weight excluding hydrogens is 418 g/mol. The summed E-state index contributed by atoms with van der Waals surface area (Å²) in [4.78, 5) is 41.5. The number of anilines is 1. The molecule has 0 aromatic heterocycles. The van der Waals surface area contributed by atoms with Crippen LogP contribution in [0.25, 0.3) is 6.08 Å². The molecular formula is C26H31N3O4. The number of hydrogen-bond acceptors (Lipinski definition) is 4. The molecule has 0 unspecified atom stereocenters. The van der Waals surface area contributed by atoms with E-state index >= 15 is 0 Å². The molecule has 2 fully saturated rings. The summed E-state index contributed by atoms with van der Waals surface area (Å²) in [5.41, 5.74) is 0.143. The van der Waals surface area contributed by atoms with E-state index in [1.54, 1.807) is 11.0 Å². The van der Waals surface area contributed by atoms with Gasteiger partial charge in [-0.1, -0.05) is 26.0 Å². The zero-order valence-electron chi connectivity index (χ0n) is 19.7. The lowest BCUT2D eigenvalue weighted by molar-refractivity contribution is -0.148. The fourth-order valence-corrected chi connectivity index (χ4v) is 5.79. The third-order valence-electron chi connectivity index (χ3n) is 7.86. The first-order valence-corrected chi connectivity index (χ1v) is 11.6. The van der Waals surface area contributed by atoms with Crippen LogP contribution in [0.2, 0.25) is 0 Å². The van der Waals surface area contributed by atoms with Gasteiger partial charge in [-0.05, 0) is 50.8 Å². The zero-order chi connectivity index (χ0) is 23.8. The highest BCUT2D eigenvalue weighted by atomic mass is 16.5. The van der Waals surface area contributed by atoms with Crippen LogP contribution in [0.3, 0.4) is 0 Å². The number of allylic oxidation sites excluding steroid dienone is 1. The number of rotatable bonds is 4. The molecule has 4 aliphatic heterocycles. The number of benzene rings is 1. The monoisotopic (exact) mass is 449 g/mol. The van der Waals surface area contributed by atoms with Crippen LogP contribution in [0.15, 0.2) is 30.9 Å². The summed E-state index contributed by atoms with van der Waals surface area (Å²) in [6, 6.07) is 2.68. The molecule has 0 radical (unpaired) electrons. The van der Waals surface area contributed by atoms with Crippen molar-refractivity contribution in [3.8, 4) is 5.75 Å². The Bertz CT molecular complexity index is 1120. The van der Waals surface area contributed by atoms with Crippen LogP contribution in [0.5, 0.6) is 5.75 Å². The molecule has 2 saturated heterocycles. The number of fused-ring (bicyclic) bond motifs is 3. The number of amides is 3. The fourth-order valence-electron chi connectivity index (χ4n) is 5.79. The minimum absolute atomic E-state index is 0.111. The molecule has 5 rings (SSSR count). The first-order valence-electron chi connectivity index (χ1n) is 11.6. The Morgan fingerprint density at radius 2 is 2.03 bits per heavy atom. The molecule has 0 bridgehead atoms. The van der Waals surface area contributed by atoms with E-state index in [0.29, 0.717) is 24.4 Å². The van der Waals surface area contributed by atoms with Crippen LogP contribution >= 0.6 is 0 Å². The Balaban J connectivity index is 1.61. The first kappa shape index (κ1) is 21.7. The number of piperazine rings is 1. The van der Waals surface area contributed by atoms with Crippen molar-refractivity contribution in [3.63, 3.8) is 0 Å². The summed E-state index contributed by atoms with van der Waals surface area (Å²) in [6.45, 7) is 12.5. The predicted molar refractivity (Wildman–Crippen MR) is 126 cm³/mol. The van der Waals surface area contributed by atoms with E-state index in [4.69, 9.17) is 4.74 Å². The minimum Gasteiger partial charge on any atom is -0.483 e. The Kier molecular flexibility index (Phi) is 4.58. The van der Waals surface area contributed by atoms with Crippen molar-refractivity contribution in [3.05, 3.63) is 42.0 Å². The number of carbonyl (C=O) groups is 3. The van der Waals surface area contributed by atoms with E-state index in [9.17, 15) is 14.4 Å². The van der Waals surface area contributed by atoms with E-state index in [1.807, 2.05) is 52.0 Å². The van der Waals surface area contributed by atoms with E-state index in [0.717, 1.165) is 17.5 Å². The van der Waals surface area contributed by atoms with Crippen LogP contribution in [-0.2, 0) is 19.8 Å². The van der Waals surface area contributed by atoms with Crippen LogP contribution < -0.4 is 15.4 Å². The summed E-state index contributed by atoms with van der Waals surface area (Å²) in [5.74, 6) is 0.265. The van der Waals surface area contributed by atoms with Gasteiger partial charge in [-0.15, -0.1) is 6.58 Å². The Hall–Kier alpha value is -3.09. The SMILES string of the molecule is C=CC(C)(C)[C@]1(C[C@@H]2NC(=O)[C@@H]3CCCN3C2=O)C(=O)Nc2cc3c(cc21)C=CC(C)(C)O3. The Morgan fingerprint density at radius 1 is 1.27 bits per heavy atom. The van der Waals surface area contributed by atoms with Crippen molar-refractivity contribution < 1.29 is 19.1 Å². The maximum Gasteiger partial charge on any atom is 0.245 e. The second-order valence-electron chi connectivity index (χ2n) is 10.7. The second kappa shape index (κ2) is 6.95. The van der Waals surface area contributed by atoms with Gasteiger partial charge in [-0.2, -0.15) is 0 Å². The predicted octanol–water partition coefficient (Wildman–Crippen LogP) is 3.15. The second-order valence-corrected chi connectivity index (χ2v) is 10.7. The molecule has 4 aliphatic rings. The van der Waals surface area contributed by atoms with Gasteiger partial charge in [0.2, 0.25) is 17.7 Å². The molecule has 7 nitrogen and oxygen atoms in total. The summed E-state index contributed by atoms with van der Waals surface area (Å²) < 4.78 is 6.11. The summed E-state index contributed by atoms with van der Waals surface area (Å²) >= 11 is 0. The van der Waals surface area contributed by atoms with Gasteiger partial charge in [0.05, 0.1) is 5.41 Å². The number of nitrogens with zero attached hydrogens (tertiary/aromatic N) is 1. The van der Waals surface area contributed by atoms with Crippen molar-refractivity contribution in [1.82, 2.24) is 10.2 Å². The summed E-state index contributed by atoms with van der Waals surface area (Å²) in [5, 5.41) is 5.97. The quantitative estimate of drug-likeness (QED) is 0.692. The highest BCUT2D eigenvalue weighted by Gasteiger charge is 2.58. The van der Waals surface area contributed by atoms with Crippen molar-refractivity contribution in [2.75, 3.05) is 11.9 Å². The van der Waals surface area contributed by atoms with Crippen LogP contribution in [0.4, 0.5) is 5.69 Å². The van der Waals surface area contributed by atoms with E-state index in [2.05, 4.69) is 17.2 Å². The molecule has 174 valence electrons. The molecule has 0 aliphatic carbocycles. The molecule has 33 heavy (non-hydrogen) atoms. The molecule has 3 atom stereocenters. The maximum absolute atomic E-state index is 13.7. The fraction of sp³-hybridized carbons (Fsp3) is 0.500. The van der Waals surface area contributed by atoms with Crippen LogP contribution in [0, 0.1) is 5.41 Å². The lowest BCUT2D eigenvalue weighted by atomic mass is 9.59. The van der Waals surface area contributed by atoms with Crippen molar-refractivity contribution in [1.29, 1.82) is 0 Å². The Morgan fingerprint density at radius 3 is 2.76 bits per heavy atom. The van der Waals surface area contributed by atoms with Gasteiger partial charge in [-0.3, -0.25) is 14.4 Å². The average molecular weight is 450 g/mol. The minimum atomic E-state index is -1.08.